The number of halogens is 4. The second kappa shape index (κ2) is 8.60. The van der Waals surface area contributed by atoms with Crippen molar-refractivity contribution in [3.63, 3.8) is 0 Å². The number of nitrogens with zero attached hydrogens (tertiary/aromatic N) is 2. The summed E-state index contributed by atoms with van der Waals surface area (Å²) >= 11 is 7.87. The van der Waals surface area contributed by atoms with Crippen LogP contribution in [0, 0.1) is 0 Å². The fraction of sp³-hybridized carbons (Fsp3) is 0.167. The van der Waals surface area contributed by atoms with E-state index in [0.717, 1.165) is 23.9 Å². The maximum absolute atomic E-state index is 13.2. The topological polar surface area (TPSA) is 64.0 Å². The van der Waals surface area contributed by atoms with Crippen LogP contribution in [0.4, 0.5) is 18.9 Å². The highest BCUT2D eigenvalue weighted by molar-refractivity contribution is 7.99. The van der Waals surface area contributed by atoms with Crippen molar-refractivity contribution in [2.75, 3.05) is 11.1 Å². The third-order valence-electron chi connectivity index (χ3n) is 3.75. The molecule has 11 heteroatoms. The van der Waals surface area contributed by atoms with Crippen molar-refractivity contribution in [1.29, 1.82) is 0 Å². The van der Waals surface area contributed by atoms with E-state index in [2.05, 4.69) is 16.9 Å². The van der Waals surface area contributed by atoms with Gasteiger partial charge < -0.3 is 5.32 Å². The van der Waals surface area contributed by atoms with Gasteiger partial charge >= 0.3 is 6.18 Å². The Labute approximate surface area is 176 Å². The number of hydrogen-bond acceptors (Lipinski definition) is 5. The van der Waals surface area contributed by atoms with Crippen molar-refractivity contribution in [2.24, 2.45) is 0 Å². The van der Waals surface area contributed by atoms with Crippen molar-refractivity contribution >= 4 is 56.5 Å². The number of aromatic nitrogens is 2. The van der Waals surface area contributed by atoms with Gasteiger partial charge in [-0.25, -0.2) is 4.98 Å². The molecule has 5 nitrogen and oxygen atoms in total. The molecule has 3 aromatic rings. The van der Waals surface area contributed by atoms with Crippen LogP contribution in [0.25, 0.3) is 10.2 Å². The van der Waals surface area contributed by atoms with Crippen LogP contribution in [0.1, 0.15) is 5.56 Å². The number of carbonyl (C=O) groups excluding carboxylic acids is 1. The fourth-order valence-corrected chi connectivity index (χ4v) is 4.29. The Kier molecular flexibility index (Phi) is 6.35. The van der Waals surface area contributed by atoms with Crippen molar-refractivity contribution in [3.05, 3.63) is 63.2 Å². The van der Waals surface area contributed by atoms with E-state index in [1.165, 1.54) is 28.0 Å². The lowest BCUT2D eigenvalue weighted by molar-refractivity contribution is -0.137. The summed E-state index contributed by atoms with van der Waals surface area (Å²) < 4.78 is 40.8. The molecule has 0 saturated heterocycles. The predicted molar refractivity (Wildman–Crippen MR) is 110 cm³/mol. The van der Waals surface area contributed by atoms with Gasteiger partial charge in [-0.1, -0.05) is 29.4 Å². The van der Waals surface area contributed by atoms with E-state index in [-0.39, 0.29) is 28.0 Å². The van der Waals surface area contributed by atoms with Crippen LogP contribution in [-0.2, 0) is 17.5 Å². The average molecular weight is 460 g/mol. The highest BCUT2D eigenvalue weighted by Gasteiger charge is 2.34. The van der Waals surface area contributed by atoms with Gasteiger partial charge in [0.1, 0.15) is 4.83 Å². The van der Waals surface area contributed by atoms with Crippen molar-refractivity contribution < 1.29 is 18.0 Å². The van der Waals surface area contributed by atoms with Crippen LogP contribution < -0.4 is 10.9 Å². The van der Waals surface area contributed by atoms with E-state index < -0.39 is 23.3 Å². The Morgan fingerprint density at radius 1 is 1.38 bits per heavy atom. The number of anilines is 1. The van der Waals surface area contributed by atoms with Crippen LogP contribution >= 0.6 is 34.7 Å². The van der Waals surface area contributed by atoms with Gasteiger partial charge in [0.25, 0.3) is 5.56 Å². The minimum absolute atomic E-state index is 0.0911. The molecule has 2 heterocycles. The van der Waals surface area contributed by atoms with Gasteiger partial charge in [0.05, 0.1) is 22.4 Å². The Bertz CT molecular complexity index is 1140. The summed E-state index contributed by atoms with van der Waals surface area (Å²) in [6, 6.07) is 4.76. The quantitative estimate of drug-likeness (QED) is 0.318. The molecule has 0 saturated carbocycles. The first-order valence-electron chi connectivity index (χ1n) is 8.09. The zero-order valence-corrected chi connectivity index (χ0v) is 17.0. The zero-order chi connectivity index (χ0) is 21.2. The van der Waals surface area contributed by atoms with Crippen LogP contribution in [0.5, 0.6) is 0 Å². The number of hydrogen-bond donors (Lipinski definition) is 1. The van der Waals surface area contributed by atoms with Crippen molar-refractivity contribution in [3.8, 4) is 0 Å². The summed E-state index contributed by atoms with van der Waals surface area (Å²) in [6.07, 6.45) is -3.15. The second-order valence-corrected chi connectivity index (χ2v) is 8.04. The number of rotatable bonds is 6. The van der Waals surface area contributed by atoms with Gasteiger partial charge in [0, 0.05) is 11.6 Å². The first-order valence-corrected chi connectivity index (χ1v) is 10.3. The maximum atomic E-state index is 13.2. The van der Waals surface area contributed by atoms with Gasteiger partial charge in [-0.05, 0) is 29.6 Å². The van der Waals surface area contributed by atoms with Gasteiger partial charge in [0.2, 0.25) is 5.91 Å². The number of thiophene rings is 1. The molecule has 1 amide bonds. The largest absolute Gasteiger partial charge is 0.418 e. The number of nitrogens with one attached hydrogen (secondary N) is 1. The molecule has 0 radical (unpaired) electrons. The molecule has 0 atom stereocenters. The van der Waals surface area contributed by atoms with Crippen LogP contribution in [0.3, 0.4) is 0 Å². The molecule has 0 fully saturated rings. The minimum Gasteiger partial charge on any atom is -0.325 e. The molecule has 0 unspecified atom stereocenters. The Morgan fingerprint density at radius 3 is 2.83 bits per heavy atom. The predicted octanol–water partition coefficient (Wildman–Crippen LogP) is 5.05. The summed E-state index contributed by atoms with van der Waals surface area (Å²) in [6.45, 7) is 3.80. The fourth-order valence-electron chi connectivity index (χ4n) is 2.51. The van der Waals surface area contributed by atoms with Crippen molar-refractivity contribution in [2.45, 2.75) is 17.9 Å². The molecule has 152 valence electrons. The third kappa shape index (κ3) is 4.82. The monoisotopic (exact) mass is 459 g/mol. The van der Waals surface area contributed by atoms with E-state index in [0.29, 0.717) is 10.2 Å². The first kappa shape index (κ1) is 21.4. The highest BCUT2D eigenvalue weighted by Crippen LogP contribution is 2.36. The lowest BCUT2D eigenvalue weighted by Gasteiger charge is -2.14. The van der Waals surface area contributed by atoms with Gasteiger partial charge in [-0.3, -0.25) is 14.2 Å². The summed E-state index contributed by atoms with van der Waals surface area (Å²) in [5.41, 5.74) is -1.70. The Hall–Kier alpha value is -2.30. The molecular weight excluding hydrogens is 447 g/mol. The first-order chi connectivity index (χ1) is 13.7. The van der Waals surface area contributed by atoms with Crippen LogP contribution in [0.15, 0.2) is 52.3 Å². The molecule has 1 N–H and O–H groups in total. The highest BCUT2D eigenvalue weighted by atomic mass is 35.5. The van der Waals surface area contributed by atoms with Crippen LogP contribution in [0.2, 0.25) is 5.02 Å². The number of fused-ring (bicyclic) bond motifs is 1. The molecule has 0 aliphatic rings. The van der Waals surface area contributed by atoms with E-state index in [1.54, 1.807) is 11.4 Å². The summed E-state index contributed by atoms with van der Waals surface area (Å²) in [4.78, 5) is 29.7. The Balaban J connectivity index is 1.81. The summed E-state index contributed by atoms with van der Waals surface area (Å²) in [5, 5.41) is 4.63. The number of benzene rings is 1. The average Bonchev–Trinajstić information content (AvgIpc) is 3.12. The second-order valence-electron chi connectivity index (χ2n) is 5.76. The number of allylic oxidation sites excluding steroid dienone is 1. The molecule has 29 heavy (non-hydrogen) atoms. The molecule has 0 spiro atoms. The number of carbonyl (C=O) groups is 1. The van der Waals surface area contributed by atoms with Gasteiger partial charge in [-0.2, -0.15) is 13.2 Å². The number of alkyl halides is 3. The Morgan fingerprint density at radius 2 is 2.14 bits per heavy atom. The van der Waals surface area contributed by atoms with Crippen LogP contribution in [-0.4, -0.2) is 21.2 Å². The van der Waals surface area contributed by atoms with E-state index in [1.807, 2.05) is 0 Å². The number of amides is 1. The SMILES string of the molecule is C=CCn1c(SCC(=O)Nc2ccc(Cl)cc2C(F)(F)F)nc2sccc2c1=O. The molecule has 3 rings (SSSR count). The normalized spacial score (nSPS) is 11.6. The lowest BCUT2D eigenvalue weighted by atomic mass is 10.1. The molecule has 0 aliphatic carbocycles. The smallest absolute Gasteiger partial charge is 0.325 e. The van der Waals surface area contributed by atoms with E-state index in [9.17, 15) is 22.8 Å². The standard InChI is InChI=1S/C18H13ClF3N3O2S2/c1-2-6-25-16(27)11-5-7-28-15(11)24-17(25)29-9-14(26)23-13-4-3-10(19)8-12(13)18(20,21)22/h2-5,7-8H,1,6,9H2,(H,23,26). The molecule has 0 aliphatic heterocycles. The van der Waals surface area contributed by atoms with Crippen molar-refractivity contribution in [1.82, 2.24) is 9.55 Å². The zero-order valence-electron chi connectivity index (χ0n) is 14.6. The van der Waals surface area contributed by atoms with Gasteiger partial charge in [0.15, 0.2) is 5.16 Å². The molecule has 2 aromatic heterocycles. The number of thioether (sulfide) groups is 1. The van der Waals surface area contributed by atoms with Gasteiger partial charge in [-0.15, -0.1) is 17.9 Å². The molecule has 1 aromatic carbocycles. The minimum atomic E-state index is -4.67. The van der Waals surface area contributed by atoms with E-state index >= 15 is 0 Å². The molecule has 0 bridgehead atoms. The molecular formula is C18H13ClF3N3O2S2. The third-order valence-corrected chi connectivity index (χ3v) is 5.77. The summed E-state index contributed by atoms with van der Waals surface area (Å²) in [5.74, 6) is -0.908. The summed E-state index contributed by atoms with van der Waals surface area (Å²) in [7, 11) is 0. The van der Waals surface area contributed by atoms with E-state index in [4.69, 9.17) is 11.6 Å². The maximum Gasteiger partial charge on any atom is 0.418 e. The lowest BCUT2D eigenvalue weighted by Crippen LogP contribution is -2.23.